The van der Waals surface area contributed by atoms with E-state index in [9.17, 15) is 4.79 Å². The van der Waals surface area contributed by atoms with Gasteiger partial charge in [0.15, 0.2) is 0 Å². The van der Waals surface area contributed by atoms with Gasteiger partial charge in [0.05, 0.1) is 17.2 Å². The highest BCUT2D eigenvalue weighted by molar-refractivity contribution is 7.07. The summed E-state index contributed by atoms with van der Waals surface area (Å²) in [6, 6.07) is 7.05. The van der Waals surface area contributed by atoms with Gasteiger partial charge in [0.1, 0.15) is 6.54 Å². The van der Waals surface area contributed by atoms with Crippen LogP contribution >= 0.6 is 22.9 Å². The second-order valence-electron chi connectivity index (χ2n) is 4.09. The summed E-state index contributed by atoms with van der Waals surface area (Å²) in [5, 5.41) is 11.6. The molecule has 1 unspecified atom stereocenters. The van der Waals surface area contributed by atoms with Gasteiger partial charge in [-0.1, -0.05) is 17.7 Å². The number of halogens is 1. The maximum atomic E-state index is 11.0. The van der Waals surface area contributed by atoms with Crippen molar-refractivity contribution >= 4 is 34.6 Å². The zero-order valence-corrected chi connectivity index (χ0v) is 11.9. The number of rotatable bonds is 5. The van der Waals surface area contributed by atoms with Crippen LogP contribution in [0.15, 0.2) is 35.2 Å². The van der Waals surface area contributed by atoms with Crippen molar-refractivity contribution in [3.63, 3.8) is 0 Å². The molecule has 1 heterocycles. The van der Waals surface area contributed by atoms with E-state index in [1.165, 1.54) is 11.3 Å². The fourth-order valence-electron chi connectivity index (χ4n) is 1.84. The second-order valence-corrected chi connectivity index (χ2v) is 5.25. The first-order valence-electron chi connectivity index (χ1n) is 5.70. The normalized spacial score (nSPS) is 12.1. The van der Waals surface area contributed by atoms with E-state index < -0.39 is 5.97 Å². The van der Waals surface area contributed by atoms with Crippen LogP contribution in [0, 0.1) is 0 Å². The predicted molar refractivity (Wildman–Crippen MR) is 77.0 cm³/mol. The lowest BCUT2D eigenvalue weighted by atomic mass is 10.2. The molecule has 0 fully saturated rings. The Morgan fingerprint density at radius 2 is 2.37 bits per heavy atom. The standard InChI is InChI=1S/C13H13ClN2O2S/c1-9(12-7-19-8-15-12)16(6-13(17)18)11-4-2-3-10(14)5-11/h2-5,7-9H,6H2,1H3,(H,17,18). The van der Waals surface area contributed by atoms with Crippen molar-refractivity contribution in [3.8, 4) is 0 Å². The Kier molecular flexibility index (Phi) is 4.39. The van der Waals surface area contributed by atoms with Gasteiger partial charge >= 0.3 is 5.97 Å². The highest BCUT2D eigenvalue weighted by atomic mass is 35.5. The maximum absolute atomic E-state index is 11.0. The third-order valence-corrected chi connectivity index (χ3v) is 3.63. The van der Waals surface area contributed by atoms with Gasteiger partial charge in [-0.2, -0.15) is 0 Å². The van der Waals surface area contributed by atoms with Crippen LogP contribution in [-0.4, -0.2) is 22.6 Å². The molecule has 100 valence electrons. The number of anilines is 1. The highest BCUT2D eigenvalue weighted by Gasteiger charge is 2.20. The van der Waals surface area contributed by atoms with Crippen LogP contribution in [0.25, 0.3) is 0 Å². The monoisotopic (exact) mass is 296 g/mol. The average Bonchev–Trinajstić information content (AvgIpc) is 2.88. The molecular formula is C13H13ClN2O2S. The van der Waals surface area contributed by atoms with Gasteiger partial charge in [0.2, 0.25) is 0 Å². The summed E-state index contributed by atoms with van der Waals surface area (Å²) in [6.45, 7) is 1.83. The van der Waals surface area contributed by atoms with Crippen LogP contribution in [0.3, 0.4) is 0 Å². The number of hydrogen-bond acceptors (Lipinski definition) is 4. The van der Waals surface area contributed by atoms with E-state index in [0.717, 1.165) is 11.4 Å². The summed E-state index contributed by atoms with van der Waals surface area (Å²) in [5.74, 6) is -0.887. The largest absolute Gasteiger partial charge is 0.480 e. The Hall–Kier alpha value is -1.59. The fourth-order valence-corrected chi connectivity index (χ4v) is 2.67. The number of aliphatic carboxylic acids is 1. The van der Waals surface area contributed by atoms with Gasteiger partial charge in [-0.25, -0.2) is 4.98 Å². The summed E-state index contributed by atoms with van der Waals surface area (Å²) in [6.07, 6.45) is 0. The summed E-state index contributed by atoms with van der Waals surface area (Å²) < 4.78 is 0. The molecular weight excluding hydrogens is 284 g/mol. The molecule has 0 spiro atoms. The molecule has 0 aliphatic heterocycles. The molecule has 0 aliphatic rings. The number of hydrogen-bond donors (Lipinski definition) is 1. The van der Waals surface area contributed by atoms with Crippen LogP contribution in [0.5, 0.6) is 0 Å². The lowest BCUT2D eigenvalue weighted by Gasteiger charge is -2.28. The van der Waals surface area contributed by atoms with Gasteiger partial charge in [-0.3, -0.25) is 4.79 Å². The lowest BCUT2D eigenvalue weighted by Crippen LogP contribution is -2.32. The van der Waals surface area contributed by atoms with E-state index in [1.54, 1.807) is 28.6 Å². The van der Waals surface area contributed by atoms with Gasteiger partial charge in [0.25, 0.3) is 0 Å². The van der Waals surface area contributed by atoms with Crippen molar-refractivity contribution in [2.24, 2.45) is 0 Å². The predicted octanol–water partition coefficient (Wildman–Crippen LogP) is 3.45. The Bertz CT molecular complexity index is 560. The summed E-state index contributed by atoms with van der Waals surface area (Å²) in [7, 11) is 0. The van der Waals surface area contributed by atoms with Gasteiger partial charge in [0, 0.05) is 16.1 Å². The topological polar surface area (TPSA) is 53.4 Å². The van der Waals surface area contributed by atoms with Crippen LogP contribution in [-0.2, 0) is 4.79 Å². The van der Waals surface area contributed by atoms with Gasteiger partial charge in [-0.15, -0.1) is 11.3 Å². The van der Waals surface area contributed by atoms with E-state index in [2.05, 4.69) is 4.98 Å². The van der Waals surface area contributed by atoms with Crippen molar-refractivity contribution in [3.05, 3.63) is 45.9 Å². The van der Waals surface area contributed by atoms with Crippen LogP contribution < -0.4 is 4.90 Å². The lowest BCUT2D eigenvalue weighted by molar-refractivity contribution is -0.135. The zero-order valence-electron chi connectivity index (χ0n) is 10.3. The smallest absolute Gasteiger partial charge is 0.323 e. The van der Waals surface area contributed by atoms with Crippen molar-refractivity contribution in [2.75, 3.05) is 11.4 Å². The molecule has 6 heteroatoms. The van der Waals surface area contributed by atoms with E-state index in [0.29, 0.717) is 5.02 Å². The number of nitrogens with zero attached hydrogens (tertiary/aromatic N) is 2. The number of carbonyl (C=O) groups is 1. The Labute approximate surface area is 120 Å². The third-order valence-electron chi connectivity index (χ3n) is 2.79. The molecule has 4 nitrogen and oxygen atoms in total. The van der Waals surface area contributed by atoms with Crippen LogP contribution in [0.2, 0.25) is 5.02 Å². The quantitative estimate of drug-likeness (QED) is 0.918. The summed E-state index contributed by atoms with van der Waals surface area (Å²) in [4.78, 5) is 17.1. The molecule has 0 bridgehead atoms. The number of benzene rings is 1. The van der Waals surface area contributed by atoms with Gasteiger partial charge in [-0.05, 0) is 25.1 Å². The highest BCUT2D eigenvalue weighted by Crippen LogP contribution is 2.28. The van der Waals surface area contributed by atoms with Crippen molar-refractivity contribution in [1.29, 1.82) is 0 Å². The minimum Gasteiger partial charge on any atom is -0.480 e. The van der Waals surface area contributed by atoms with E-state index in [4.69, 9.17) is 16.7 Å². The molecule has 1 N–H and O–H groups in total. The molecule has 1 atom stereocenters. The third kappa shape index (κ3) is 3.45. The molecule has 2 rings (SSSR count). The summed E-state index contributed by atoms with van der Waals surface area (Å²) in [5.41, 5.74) is 3.37. The SMILES string of the molecule is CC(c1cscn1)N(CC(=O)O)c1cccc(Cl)c1. The number of aromatic nitrogens is 1. The van der Waals surface area contributed by atoms with Crippen molar-refractivity contribution in [1.82, 2.24) is 4.98 Å². The molecule has 1 aromatic heterocycles. The fraction of sp³-hybridized carbons (Fsp3) is 0.231. The van der Waals surface area contributed by atoms with Gasteiger partial charge < -0.3 is 10.0 Å². The van der Waals surface area contributed by atoms with Crippen LogP contribution in [0.4, 0.5) is 5.69 Å². The summed E-state index contributed by atoms with van der Waals surface area (Å²) >= 11 is 7.46. The van der Waals surface area contributed by atoms with E-state index >= 15 is 0 Å². The Morgan fingerprint density at radius 1 is 1.58 bits per heavy atom. The van der Waals surface area contributed by atoms with E-state index in [-0.39, 0.29) is 12.6 Å². The molecule has 0 aliphatic carbocycles. The Balaban J connectivity index is 2.33. The number of carboxylic acid groups (broad SMARTS) is 1. The maximum Gasteiger partial charge on any atom is 0.323 e. The van der Waals surface area contributed by atoms with Crippen molar-refractivity contribution in [2.45, 2.75) is 13.0 Å². The first-order chi connectivity index (χ1) is 9.08. The minimum absolute atomic E-state index is 0.0982. The molecule has 0 amide bonds. The molecule has 0 saturated heterocycles. The van der Waals surface area contributed by atoms with Crippen LogP contribution in [0.1, 0.15) is 18.7 Å². The second kappa shape index (κ2) is 6.04. The number of carboxylic acids is 1. The first kappa shape index (κ1) is 13.8. The zero-order chi connectivity index (χ0) is 13.8. The Morgan fingerprint density at radius 3 is 2.95 bits per heavy atom. The molecule has 0 saturated carbocycles. The molecule has 1 aromatic carbocycles. The van der Waals surface area contributed by atoms with Crippen molar-refractivity contribution < 1.29 is 9.90 Å². The van der Waals surface area contributed by atoms with E-state index in [1.807, 2.05) is 18.4 Å². The average molecular weight is 297 g/mol. The molecule has 2 aromatic rings. The molecule has 0 radical (unpaired) electrons. The number of thiazole rings is 1. The first-order valence-corrected chi connectivity index (χ1v) is 7.02. The minimum atomic E-state index is -0.887. The molecule has 19 heavy (non-hydrogen) atoms.